The predicted octanol–water partition coefficient (Wildman–Crippen LogP) is 1.55. The van der Waals surface area contributed by atoms with Crippen molar-refractivity contribution in [1.82, 2.24) is 4.90 Å². The quantitative estimate of drug-likeness (QED) is 0.743. The molecule has 0 radical (unpaired) electrons. The smallest absolute Gasteiger partial charge is 0.339 e. The summed E-state index contributed by atoms with van der Waals surface area (Å²) < 4.78 is 10.1. The molecule has 0 bridgehead atoms. The Labute approximate surface area is 154 Å². The third-order valence-electron chi connectivity index (χ3n) is 5.56. The highest BCUT2D eigenvalue weighted by atomic mass is 16.6. The molecule has 6 heteroatoms. The third kappa shape index (κ3) is 4.24. The van der Waals surface area contributed by atoms with Gasteiger partial charge in [0.25, 0.3) is 0 Å². The third-order valence-corrected chi connectivity index (χ3v) is 5.56. The Morgan fingerprint density at radius 2 is 2.00 bits per heavy atom. The summed E-state index contributed by atoms with van der Waals surface area (Å²) in [5.74, 6) is -1.08. The van der Waals surface area contributed by atoms with Crippen LogP contribution in [-0.2, 0) is 25.5 Å². The minimum Gasteiger partial charge on any atom is -0.469 e. The average Bonchev–Trinajstić information content (AvgIpc) is 3.24. The van der Waals surface area contributed by atoms with Crippen molar-refractivity contribution in [2.45, 2.75) is 43.7 Å². The summed E-state index contributed by atoms with van der Waals surface area (Å²) in [6.07, 6.45) is 2.93. The van der Waals surface area contributed by atoms with Crippen LogP contribution in [0.25, 0.3) is 0 Å². The highest BCUT2D eigenvalue weighted by molar-refractivity contribution is 5.86. The number of rotatable bonds is 7. The average molecular weight is 361 g/mol. The number of fused-ring (bicyclic) bond motifs is 1. The molecular weight excluding hydrogens is 334 g/mol. The molecule has 0 aliphatic carbocycles. The molecule has 2 aliphatic heterocycles. The lowest BCUT2D eigenvalue weighted by Crippen LogP contribution is -2.45. The number of nitrogens with zero attached hydrogens (tertiary/aromatic N) is 1. The maximum Gasteiger partial charge on any atom is 0.339 e. The van der Waals surface area contributed by atoms with Gasteiger partial charge in [-0.25, -0.2) is 4.79 Å². The summed E-state index contributed by atoms with van der Waals surface area (Å²) in [5, 5.41) is 10.9. The lowest BCUT2D eigenvalue weighted by Gasteiger charge is -2.27. The monoisotopic (exact) mass is 361 g/mol. The van der Waals surface area contributed by atoms with Gasteiger partial charge in [0.1, 0.15) is 0 Å². The number of methoxy groups -OCH3 is 1. The number of hydrogen-bond donors (Lipinski definition) is 1. The Kier molecular flexibility index (Phi) is 5.94. The largest absolute Gasteiger partial charge is 0.469 e. The van der Waals surface area contributed by atoms with E-state index in [-0.39, 0.29) is 13.0 Å². The molecule has 142 valence electrons. The van der Waals surface area contributed by atoms with Crippen molar-refractivity contribution in [3.8, 4) is 0 Å². The number of carbonyl (C=O) groups excluding carboxylic acids is 2. The molecule has 0 spiro atoms. The molecule has 26 heavy (non-hydrogen) atoms. The first-order valence-electron chi connectivity index (χ1n) is 9.26. The first-order valence-corrected chi connectivity index (χ1v) is 9.26. The van der Waals surface area contributed by atoms with Crippen LogP contribution in [0, 0.1) is 5.92 Å². The first-order chi connectivity index (χ1) is 12.5. The number of carbonyl (C=O) groups is 2. The first kappa shape index (κ1) is 18.9. The normalized spacial score (nSPS) is 24.7. The fourth-order valence-corrected chi connectivity index (χ4v) is 4.15. The van der Waals surface area contributed by atoms with Crippen LogP contribution in [-0.4, -0.2) is 60.4 Å². The minimum absolute atomic E-state index is 0.0159. The van der Waals surface area contributed by atoms with Crippen LogP contribution in [0.3, 0.4) is 0 Å². The second-order valence-corrected chi connectivity index (χ2v) is 7.34. The molecular formula is C20H27NO5. The van der Waals surface area contributed by atoms with E-state index >= 15 is 0 Å². The zero-order chi connectivity index (χ0) is 18.6. The Morgan fingerprint density at radius 1 is 1.23 bits per heavy atom. The summed E-state index contributed by atoms with van der Waals surface area (Å²) in [6.45, 7) is 2.46. The number of aliphatic hydroxyl groups is 1. The van der Waals surface area contributed by atoms with E-state index in [1.54, 1.807) is 0 Å². The molecule has 0 amide bonds. The van der Waals surface area contributed by atoms with Gasteiger partial charge in [-0.2, -0.15) is 0 Å². The molecule has 1 N–H and O–H groups in total. The molecule has 1 aromatic carbocycles. The second kappa shape index (κ2) is 8.18. The van der Waals surface area contributed by atoms with Gasteiger partial charge in [-0.3, -0.25) is 9.69 Å². The van der Waals surface area contributed by atoms with Gasteiger partial charge in [-0.1, -0.05) is 30.3 Å². The molecule has 1 aromatic rings. The molecule has 3 unspecified atom stereocenters. The van der Waals surface area contributed by atoms with E-state index in [1.807, 2.05) is 30.3 Å². The van der Waals surface area contributed by atoms with Gasteiger partial charge in [-0.05, 0) is 37.9 Å². The Bertz CT molecular complexity index is 634. The molecule has 3 rings (SSSR count). The summed E-state index contributed by atoms with van der Waals surface area (Å²) >= 11 is 0. The highest BCUT2D eigenvalue weighted by Gasteiger charge is 2.43. The van der Waals surface area contributed by atoms with Crippen molar-refractivity contribution in [3.05, 3.63) is 35.9 Å². The van der Waals surface area contributed by atoms with Crippen molar-refractivity contribution in [3.63, 3.8) is 0 Å². The van der Waals surface area contributed by atoms with Crippen LogP contribution in [0.5, 0.6) is 0 Å². The molecule has 6 nitrogen and oxygen atoms in total. The van der Waals surface area contributed by atoms with Crippen LogP contribution < -0.4 is 0 Å². The lowest BCUT2D eigenvalue weighted by atomic mass is 9.91. The van der Waals surface area contributed by atoms with E-state index in [2.05, 4.69) is 9.64 Å². The summed E-state index contributed by atoms with van der Waals surface area (Å²) in [6, 6.07) is 9.60. The Hall–Kier alpha value is -1.92. The van der Waals surface area contributed by atoms with Gasteiger partial charge in [0, 0.05) is 18.4 Å². The van der Waals surface area contributed by atoms with Crippen LogP contribution in [0.4, 0.5) is 0 Å². The Morgan fingerprint density at radius 3 is 2.73 bits per heavy atom. The van der Waals surface area contributed by atoms with Crippen molar-refractivity contribution < 1.29 is 24.2 Å². The van der Waals surface area contributed by atoms with Crippen LogP contribution in [0.1, 0.15) is 31.2 Å². The van der Waals surface area contributed by atoms with Crippen LogP contribution in [0.15, 0.2) is 30.3 Å². The molecule has 2 fully saturated rings. The molecule has 2 saturated heterocycles. The van der Waals surface area contributed by atoms with Crippen LogP contribution >= 0.6 is 0 Å². The summed E-state index contributed by atoms with van der Waals surface area (Å²) in [5.41, 5.74) is -1.15. The van der Waals surface area contributed by atoms with Gasteiger partial charge in [0.05, 0.1) is 20.1 Å². The molecule has 0 aromatic heterocycles. The van der Waals surface area contributed by atoms with Gasteiger partial charge in [-0.15, -0.1) is 0 Å². The van der Waals surface area contributed by atoms with Gasteiger partial charge >= 0.3 is 11.9 Å². The van der Waals surface area contributed by atoms with Gasteiger partial charge in [0.15, 0.2) is 5.60 Å². The number of esters is 2. The maximum absolute atomic E-state index is 12.7. The summed E-state index contributed by atoms with van der Waals surface area (Å²) in [7, 11) is 1.24. The van der Waals surface area contributed by atoms with E-state index < -0.39 is 24.0 Å². The van der Waals surface area contributed by atoms with Crippen molar-refractivity contribution in [1.29, 1.82) is 0 Å². The maximum atomic E-state index is 12.7. The Balaban J connectivity index is 1.65. The fourth-order valence-electron chi connectivity index (χ4n) is 4.15. The molecule has 3 atom stereocenters. The molecule has 2 aliphatic rings. The van der Waals surface area contributed by atoms with E-state index in [1.165, 1.54) is 13.5 Å². The van der Waals surface area contributed by atoms with E-state index in [4.69, 9.17) is 4.74 Å². The topological polar surface area (TPSA) is 76.1 Å². The summed E-state index contributed by atoms with van der Waals surface area (Å²) in [4.78, 5) is 26.9. The number of hydrogen-bond acceptors (Lipinski definition) is 6. The minimum atomic E-state index is -1.91. The zero-order valence-electron chi connectivity index (χ0n) is 15.2. The van der Waals surface area contributed by atoms with Crippen molar-refractivity contribution >= 4 is 11.9 Å². The molecule has 0 saturated carbocycles. The van der Waals surface area contributed by atoms with Crippen LogP contribution in [0.2, 0.25) is 0 Å². The number of benzene rings is 1. The van der Waals surface area contributed by atoms with Crippen molar-refractivity contribution in [2.24, 2.45) is 5.92 Å². The van der Waals surface area contributed by atoms with E-state index in [0.29, 0.717) is 12.0 Å². The predicted molar refractivity (Wildman–Crippen MR) is 95.4 cm³/mol. The lowest BCUT2D eigenvalue weighted by molar-refractivity contribution is -0.173. The molecule has 2 heterocycles. The van der Waals surface area contributed by atoms with Gasteiger partial charge < -0.3 is 14.6 Å². The highest BCUT2D eigenvalue weighted by Crippen LogP contribution is 2.33. The van der Waals surface area contributed by atoms with Gasteiger partial charge in [0.2, 0.25) is 0 Å². The fraction of sp³-hybridized carbons (Fsp3) is 0.600. The van der Waals surface area contributed by atoms with E-state index in [0.717, 1.165) is 31.5 Å². The SMILES string of the molecule is COC(=O)CC(O)(Cc1ccccc1)C(=O)OCC1CCN2CCCC12. The number of ether oxygens (including phenoxy) is 2. The van der Waals surface area contributed by atoms with Crippen molar-refractivity contribution in [2.75, 3.05) is 26.8 Å². The standard InChI is InChI=1S/C20H27NO5/c1-25-18(22)13-20(24,12-15-6-3-2-4-7-15)19(23)26-14-16-9-11-21-10-5-8-17(16)21/h2-4,6-7,16-17,24H,5,8-14H2,1H3. The van der Waals surface area contributed by atoms with E-state index in [9.17, 15) is 14.7 Å². The second-order valence-electron chi connectivity index (χ2n) is 7.34. The zero-order valence-corrected chi connectivity index (χ0v) is 15.2.